The SMILES string of the molecule is Cc1cc(C)n(C(C)C(=O)Nc2ccccc2C#N)n1. The number of anilines is 1. The number of carbonyl (C=O) groups excluding carboxylic acids is 1. The second-order valence-electron chi connectivity index (χ2n) is 4.69. The van der Waals surface area contributed by atoms with E-state index in [0.717, 1.165) is 11.4 Å². The fourth-order valence-corrected chi connectivity index (χ4v) is 2.08. The van der Waals surface area contributed by atoms with Gasteiger partial charge in [-0.3, -0.25) is 9.48 Å². The normalized spacial score (nSPS) is 11.7. The van der Waals surface area contributed by atoms with Crippen LogP contribution in [-0.4, -0.2) is 15.7 Å². The largest absolute Gasteiger partial charge is 0.323 e. The van der Waals surface area contributed by atoms with Crippen LogP contribution >= 0.6 is 0 Å². The first-order valence-electron chi connectivity index (χ1n) is 6.35. The Morgan fingerprint density at radius 1 is 1.40 bits per heavy atom. The van der Waals surface area contributed by atoms with Gasteiger partial charge in [-0.25, -0.2) is 0 Å². The summed E-state index contributed by atoms with van der Waals surface area (Å²) in [6.07, 6.45) is 0. The highest BCUT2D eigenvalue weighted by atomic mass is 16.2. The van der Waals surface area contributed by atoms with Crippen LogP contribution in [0.1, 0.15) is 29.9 Å². The number of aromatic nitrogens is 2. The zero-order valence-electron chi connectivity index (χ0n) is 11.7. The number of nitrogens with one attached hydrogen (secondary N) is 1. The molecule has 0 radical (unpaired) electrons. The molecule has 1 amide bonds. The van der Waals surface area contributed by atoms with Gasteiger partial charge >= 0.3 is 0 Å². The van der Waals surface area contributed by atoms with Crippen molar-refractivity contribution >= 4 is 11.6 Å². The molecule has 20 heavy (non-hydrogen) atoms. The van der Waals surface area contributed by atoms with E-state index in [4.69, 9.17) is 5.26 Å². The lowest BCUT2D eigenvalue weighted by molar-refractivity contribution is -0.119. The third kappa shape index (κ3) is 2.69. The number of benzene rings is 1. The quantitative estimate of drug-likeness (QED) is 0.930. The van der Waals surface area contributed by atoms with Gasteiger partial charge in [0, 0.05) is 5.69 Å². The van der Waals surface area contributed by atoms with Crippen molar-refractivity contribution in [2.24, 2.45) is 0 Å². The highest BCUT2D eigenvalue weighted by Crippen LogP contribution is 2.17. The van der Waals surface area contributed by atoms with Crippen LogP contribution in [-0.2, 0) is 4.79 Å². The standard InChI is InChI=1S/C15H16N4O/c1-10-8-11(2)19(18-10)12(3)15(20)17-14-7-5-4-6-13(14)9-16/h4-8,12H,1-3H3,(H,17,20). The van der Waals surface area contributed by atoms with E-state index in [9.17, 15) is 4.79 Å². The monoisotopic (exact) mass is 268 g/mol. The molecule has 0 saturated heterocycles. The molecule has 102 valence electrons. The Bertz CT molecular complexity index is 681. The van der Waals surface area contributed by atoms with Gasteiger partial charge in [0.15, 0.2) is 0 Å². The molecule has 2 aromatic rings. The summed E-state index contributed by atoms with van der Waals surface area (Å²) in [4.78, 5) is 12.3. The smallest absolute Gasteiger partial charge is 0.248 e. The van der Waals surface area contributed by atoms with Crippen LogP contribution in [0, 0.1) is 25.2 Å². The van der Waals surface area contributed by atoms with Crippen LogP contribution in [0.5, 0.6) is 0 Å². The Balaban J connectivity index is 2.20. The molecule has 0 fully saturated rings. The summed E-state index contributed by atoms with van der Waals surface area (Å²) in [5, 5.41) is 16.1. The number of carbonyl (C=O) groups is 1. The van der Waals surface area contributed by atoms with E-state index in [0.29, 0.717) is 11.3 Å². The Kier molecular flexibility index (Phi) is 3.85. The van der Waals surface area contributed by atoms with Crippen LogP contribution in [0.4, 0.5) is 5.69 Å². The van der Waals surface area contributed by atoms with E-state index in [2.05, 4.69) is 16.5 Å². The van der Waals surface area contributed by atoms with Crippen molar-refractivity contribution in [3.05, 3.63) is 47.3 Å². The van der Waals surface area contributed by atoms with E-state index in [1.165, 1.54) is 0 Å². The maximum absolute atomic E-state index is 12.3. The zero-order valence-corrected chi connectivity index (χ0v) is 11.7. The fourth-order valence-electron chi connectivity index (χ4n) is 2.08. The molecule has 5 heteroatoms. The summed E-state index contributed by atoms with van der Waals surface area (Å²) >= 11 is 0. The second-order valence-corrected chi connectivity index (χ2v) is 4.69. The van der Waals surface area contributed by atoms with Gasteiger partial charge in [0.1, 0.15) is 12.1 Å². The van der Waals surface area contributed by atoms with Crippen LogP contribution in [0.15, 0.2) is 30.3 Å². The van der Waals surface area contributed by atoms with Gasteiger partial charge in [-0.15, -0.1) is 0 Å². The summed E-state index contributed by atoms with van der Waals surface area (Å²) in [5.74, 6) is -0.195. The first kappa shape index (κ1) is 13.8. The van der Waals surface area contributed by atoms with Crippen molar-refractivity contribution in [1.29, 1.82) is 5.26 Å². The van der Waals surface area contributed by atoms with Crippen LogP contribution < -0.4 is 5.32 Å². The lowest BCUT2D eigenvalue weighted by Gasteiger charge is -2.15. The molecule has 1 atom stereocenters. The first-order chi connectivity index (χ1) is 9.52. The van der Waals surface area contributed by atoms with Gasteiger partial charge in [-0.05, 0) is 39.0 Å². The van der Waals surface area contributed by atoms with Crippen LogP contribution in [0.2, 0.25) is 0 Å². The average molecular weight is 268 g/mol. The Morgan fingerprint density at radius 2 is 2.10 bits per heavy atom. The average Bonchev–Trinajstić information content (AvgIpc) is 2.77. The van der Waals surface area contributed by atoms with Crippen LogP contribution in [0.3, 0.4) is 0 Å². The lowest BCUT2D eigenvalue weighted by atomic mass is 10.2. The maximum atomic E-state index is 12.3. The maximum Gasteiger partial charge on any atom is 0.248 e. The summed E-state index contributed by atoms with van der Waals surface area (Å²) in [7, 11) is 0. The van der Waals surface area contributed by atoms with Gasteiger partial charge in [0.2, 0.25) is 5.91 Å². The number of para-hydroxylation sites is 1. The highest BCUT2D eigenvalue weighted by molar-refractivity contribution is 5.94. The molecule has 1 aromatic carbocycles. The fraction of sp³-hybridized carbons (Fsp3) is 0.267. The van der Waals surface area contributed by atoms with E-state index in [1.807, 2.05) is 19.9 Å². The van der Waals surface area contributed by atoms with Crippen molar-refractivity contribution in [3.63, 3.8) is 0 Å². The number of aryl methyl sites for hydroxylation is 2. The third-order valence-corrected chi connectivity index (χ3v) is 3.10. The van der Waals surface area contributed by atoms with Gasteiger partial charge in [0.05, 0.1) is 16.9 Å². The topological polar surface area (TPSA) is 70.7 Å². The van der Waals surface area contributed by atoms with E-state index < -0.39 is 6.04 Å². The predicted octanol–water partition coefficient (Wildman–Crippen LogP) is 2.57. The van der Waals surface area contributed by atoms with Gasteiger partial charge < -0.3 is 5.32 Å². The van der Waals surface area contributed by atoms with Crippen molar-refractivity contribution in [3.8, 4) is 6.07 Å². The van der Waals surface area contributed by atoms with Gasteiger partial charge in [-0.2, -0.15) is 10.4 Å². The Labute approximate surface area is 117 Å². The molecule has 0 aliphatic heterocycles. The highest BCUT2D eigenvalue weighted by Gasteiger charge is 2.18. The number of hydrogen-bond acceptors (Lipinski definition) is 3. The summed E-state index contributed by atoms with van der Waals surface area (Å²) < 4.78 is 1.68. The summed E-state index contributed by atoms with van der Waals surface area (Å²) in [5.41, 5.74) is 2.77. The van der Waals surface area contributed by atoms with E-state index >= 15 is 0 Å². The molecule has 0 aliphatic rings. The number of rotatable bonds is 3. The predicted molar refractivity (Wildman–Crippen MR) is 76.2 cm³/mol. The molecular formula is C15H16N4O. The number of nitrogens with zero attached hydrogens (tertiary/aromatic N) is 3. The number of hydrogen-bond donors (Lipinski definition) is 1. The summed E-state index contributed by atoms with van der Waals surface area (Å²) in [6.45, 7) is 5.58. The minimum Gasteiger partial charge on any atom is -0.323 e. The Hall–Kier alpha value is -2.61. The molecule has 0 spiro atoms. The number of nitriles is 1. The van der Waals surface area contributed by atoms with Crippen LogP contribution in [0.25, 0.3) is 0 Å². The molecule has 1 unspecified atom stereocenters. The minimum atomic E-state index is -0.435. The van der Waals surface area contributed by atoms with E-state index in [1.54, 1.807) is 35.9 Å². The second kappa shape index (κ2) is 5.57. The molecular weight excluding hydrogens is 252 g/mol. The molecule has 2 rings (SSSR count). The Morgan fingerprint density at radius 3 is 2.70 bits per heavy atom. The van der Waals surface area contributed by atoms with Crippen molar-refractivity contribution in [2.45, 2.75) is 26.8 Å². The molecule has 0 aliphatic carbocycles. The molecule has 1 aromatic heterocycles. The van der Waals surface area contributed by atoms with Crippen molar-refractivity contribution < 1.29 is 4.79 Å². The van der Waals surface area contributed by atoms with Gasteiger partial charge in [0.25, 0.3) is 0 Å². The third-order valence-electron chi connectivity index (χ3n) is 3.10. The first-order valence-corrected chi connectivity index (χ1v) is 6.35. The van der Waals surface area contributed by atoms with Gasteiger partial charge in [-0.1, -0.05) is 12.1 Å². The molecule has 1 heterocycles. The summed E-state index contributed by atoms with van der Waals surface area (Å²) in [6, 6.07) is 10.5. The molecule has 0 bridgehead atoms. The molecule has 0 saturated carbocycles. The van der Waals surface area contributed by atoms with Crippen molar-refractivity contribution in [1.82, 2.24) is 9.78 Å². The molecule has 1 N–H and O–H groups in total. The molecule has 5 nitrogen and oxygen atoms in total. The zero-order chi connectivity index (χ0) is 14.7. The minimum absolute atomic E-state index is 0.195. The number of amides is 1. The van der Waals surface area contributed by atoms with E-state index in [-0.39, 0.29) is 5.91 Å². The lowest BCUT2D eigenvalue weighted by Crippen LogP contribution is -2.25. The van der Waals surface area contributed by atoms with Crippen molar-refractivity contribution in [2.75, 3.05) is 5.32 Å².